The number of aliphatic hydroxyl groups is 3. The number of phosphoric ester groups is 1. The zero-order chi connectivity index (χ0) is 10.9. The topological polar surface area (TPSA) is 142 Å². The molecule has 11 heteroatoms. The van der Waals surface area contributed by atoms with Crippen molar-refractivity contribution in [3.8, 4) is 0 Å². The molecule has 84 valence electrons. The molecule has 0 bridgehead atoms. The van der Waals surface area contributed by atoms with Gasteiger partial charge in [-0.1, -0.05) is 0 Å². The molecule has 1 rings (SSSR count). The van der Waals surface area contributed by atoms with Crippen molar-refractivity contribution in [3.05, 3.63) is 0 Å². The normalized spacial score (nSPS) is 34.8. The molecule has 1 saturated heterocycles. The minimum Gasteiger partial charge on any atom is -0.790 e. The average Bonchev–Trinajstić information content (AvgIpc) is 2.04. The summed E-state index contributed by atoms with van der Waals surface area (Å²) in [7, 11) is -5.30. The summed E-state index contributed by atoms with van der Waals surface area (Å²) >= 11 is 0. The summed E-state index contributed by atoms with van der Waals surface area (Å²) in [5.74, 6) is 0. The fourth-order valence-corrected chi connectivity index (χ4v) is 1.44. The first-order valence-corrected chi connectivity index (χ1v) is 5.13. The van der Waals surface area contributed by atoms with Crippen molar-refractivity contribution >= 4 is 7.82 Å². The molecule has 4 atom stereocenters. The van der Waals surface area contributed by atoms with Crippen LogP contribution in [0, 0.1) is 0 Å². The summed E-state index contributed by atoms with van der Waals surface area (Å²) in [4.78, 5) is 20.3. The van der Waals surface area contributed by atoms with E-state index in [1.807, 2.05) is 0 Å². The van der Waals surface area contributed by atoms with Gasteiger partial charge < -0.3 is 38.9 Å². The molecule has 0 spiro atoms. The second-order valence-electron chi connectivity index (χ2n) is 2.80. The van der Waals surface area contributed by atoms with Gasteiger partial charge in [0.05, 0.1) is 14.4 Å². The van der Waals surface area contributed by atoms with Gasteiger partial charge in [0.15, 0.2) is 6.29 Å². The van der Waals surface area contributed by atoms with E-state index < -0.39 is 39.0 Å². The summed E-state index contributed by atoms with van der Waals surface area (Å²) in [5, 5.41) is 27.1. The number of rotatable bonds is 2. The van der Waals surface area contributed by atoms with E-state index in [4.69, 9.17) is 15.3 Å². The van der Waals surface area contributed by atoms with Crippen LogP contribution < -0.4 is 68.9 Å². The van der Waals surface area contributed by atoms with Crippen LogP contribution in [0.25, 0.3) is 0 Å². The Kier molecular flexibility index (Phi) is 10.4. The first kappa shape index (κ1) is 20.3. The van der Waals surface area contributed by atoms with E-state index in [9.17, 15) is 14.4 Å². The van der Waals surface area contributed by atoms with Crippen LogP contribution in [0.1, 0.15) is 0 Å². The maximum absolute atomic E-state index is 10.1. The van der Waals surface area contributed by atoms with Gasteiger partial charge in [-0.3, -0.25) is 0 Å². The van der Waals surface area contributed by atoms with Gasteiger partial charge in [0.2, 0.25) is 0 Å². The van der Waals surface area contributed by atoms with E-state index >= 15 is 0 Å². The molecule has 0 saturated carbocycles. The average molecular weight is 274 g/mol. The van der Waals surface area contributed by atoms with Crippen LogP contribution in [0.4, 0.5) is 0 Å². The van der Waals surface area contributed by atoms with Crippen molar-refractivity contribution in [3.63, 3.8) is 0 Å². The third-order valence-corrected chi connectivity index (χ3v) is 2.15. The number of aliphatic hydroxyl groups excluding tert-OH is 3. The smallest absolute Gasteiger partial charge is 0.790 e. The summed E-state index contributed by atoms with van der Waals surface area (Å²) in [6.45, 7) is -0.428. The van der Waals surface area contributed by atoms with Gasteiger partial charge in [0.1, 0.15) is 18.3 Å². The Morgan fingerprint density at radius 1 is 1.19 bits per heavy atom. The fraction of sp³-hybridized carbons (Fsp3) is 1.00. The van der Waals surface area contributed by atoms with Crippen LogP contribution >= 0.6 is 7.82 Å². The second-order valence-corrected chi connectivity index (χ2v) is 3.91. The van der Waals surface area contributed by atoms with E-state index in [1.165, 1.54) is 0 Å². The Labute approximate surface area is 136 Å². The predicted molar refractivity (Wildman–Crippen MR) is 36.5 cm³/mol. The molecule has 3 N–H and O–H groups in total. The third-order valence-electron chi connectivity index (χ3n) is 1.69. The Morgan fingerprint density at radius 3 is 2.12 bits per heavy atom. The van der Waals surface area contributed by atoms with Crippen molar-refractivity contribution in [2.24, 2.45) is 0 Å². The summed E-state index contributed by atoms with van der Waals surface area (Å²) in [5.41, 5.74) is 0. The van der Waals surface area contributed by atoms with Gasteiger partial charge in [-0.15, -0.1) is 0 Å². The molecular weight excluding hydrogens is 265 g/mol. The number of hydrogen-bond donors (Lipinski definition) is 3. The Morgan fingerprint density at radius 2 is 1.69 bits per heavy atom. The molecule has 0 aromatic heterocycles. The van der Waals surface area contributed by atoms with Gasteiger partial charge in [0, 0.05) is 0 Å². The number of ether oxygens (including phenoxy) is 1. The first-order valence-electron chi connectivity index (χ1n) is 3.67. The molecule has 0 amide bonds. The molecule has 1 heterocycles. The maximum atomic E-state index is 10.1. The molecule has 0 radical (unpaired) electrons. The molecule has 1 fully saturated rings. The minimum atomic E-state index is -5.30. The molecule has 0 aliphatic carbocycles. The second kappa shape index (κ2) is 8.19. The molecule has 0 aromatic carbocycles. The van der Waals surface area contributed by atoms with Crippen molar-refractivity contribution in [2.45, 2.75) is 24.6 Å². The SMILES string of the molecule is O=P([O-])([O-])O[C@H]1OC[C@@H](O)[C@H](O)[C@H]1O.[Na+].[Na+]. The van der Waals surface area contributed by atoms with Crippen molar-refractivity contribution in [1.82, 2.24) is 0 Å². The van der Waals surface area contributed by atoms with Gasteiger partial charge in [-0.2, -0.15) is 0 Å². The Hall–Kier alpha value is 1.95. The van der Waals surface area contributed by atoms with E-state index in [0.717, 1.165) is 0 Å². The summed E-state index contributed by atoms with van der Waals surface area (Å²) in [6, 6.07) is 0. The monoisotopic (exact) mass is 274 g/mol. The zero-order valence-corrected chi connectivity index (χ0v) is 13.7. The van der Waals surface area contributed by atoms with Crippen LogP contribution in [0.15, 0.2) is 0 Å². The van der Waals surface area contributed by atoms with Gasteiger partial charge in [-0.05, 0) is 0 Å². The zero-order valence-electron chi connectivity index (χ0n) is 8.85. The van der Waals surface area contributed by atoms with Crippen molar-refractivity contribution in [1.29, 1.82) is 0 Å². The van der Waals surface area contributed by atoms with Crippen LogP contribution in [-0.4, -0.2) is 46.5 Å². The van der Waals surface area contributed by atoms with Crippen LogP contribution in [0.2, 0.25) is 0 Å². The fourth-order valence-electron chi connectivity index (χ4n) is 0.999. The van der Waals surface area contributed by atoms with Crippen molar-refractivity contribution < 1.29 is 98.0 Å². The summed E-state index contributed by atoms with van der Waals surface area (Å²) < 4.78 is 18.5. The Balaban J connectivity index is 0. The minimum absolute atomic E-state index is 0. The van der Waals surface area contributed by atoms with Gasteiger partial charge in [0.25, 0.3) is 0 Å². The molecule has 1 aliphatic rings. The van der Waals surface area contributed by atoms with Crippen LogP contribution in [0.5, 0.6) is 0 Å². The predicted octanol–water partition coefficient (Wildman–Crippen LogP) is -9.72. The number of phosphoric acid groups is 1. The van der Waals surface area contributed by atoms with Gasteiger partial charge in [-0.25, -0.2) is 0 Å². The van der Waals surface area contributed by atoms with E-state index in [2.05, 4.69) is 9.26 Å². The van der Waals surface area contributed by atoms with E-state index in [0.29, 0.717) is 0 Å². The number of hydrogen-bond acceptors (Lipinski definition) is 8. The van der Waals surface area contributed by atoms with Crippen LogP contribution in [-0.2, 0) is 13.8 Å². The Bertz CT molecular complexity index is 247. The standard InChI is InChI=1S/C5H11O8P.2Na/c6-2-1-12-5(4(8)3(2)7)13-14(9,10)11;;/h2-8H,1H2,(H2,9,10,11);;/q;2*+1/p-2/t2-,3+,4-,5-;;/m1../s1. The van der Waals surface area contributed by atoms with Crippen LogP contribution in [0.3, 0.4) is 0 Å². The maximum Gasteiger partial charge on any atom is 1.00 e. The first-order chi connectivity index (χ1) is 6.31. The van der Waals surface area contributed by atoms with E-state index in [1.54, 1.807) is 0 Å². The van der Waals surface area contributed by atoms with Gasteiger partial charge >= 0.3 is 59.1 Å². The molecular formula is C5H9Na2O8P. The largest absolute Gasteiger partial charge is 1.00 e. The van der Waals surface area contributed by atoms with E-state index in [-0.39, 0.29) is 59.1 Å². The third kappa shape index (κ3) is 6.21. The molecule has 16 heavy (non-hydrogen) atoms. The molecule has 1 aliphatic heterocycles. The molecule has 0 unspecified atom stereocenters. The quantitative estimate of drug-likeness (QED) is 0.333. The molecule has 0 aromatic rings. The molecule has 8 nitrogen and oxygen atoms in total. The summed E-state index contributed by atoms with van der Waals surface area (Å²) in [6.07, 6.45) is -6.51. The van der Waals surface area contributed by atoms with Crippen molar-refractivity contribution in [2.75, 3.05) is 6.61 Å².